The summed E-state index contributed by atoms with van der Waals surface area (Å²) in [5.41, 5.74) is 24.3. The molecule has 0 unspecified atom stereocenters. The van der Waals surface area contributed by atoms with Gasteiger partial charge in [0.25, 0.3) is 0 Å². The van der Waals surface area contributed by atoms with E-state index in [0.717, 1.165) is 12.8 Å². The van der Waals surface area contributed by atoms with Crippen molar-refractivity contribution in [3.8, 4) is 22.5 Å². The Kier molecular flexibility index (Phi) is 19.7. The van der Waals surface area contributed by atoms with Gasteiger partial charge in [0.15, 0.2) is 11.4 Å². The van der Waals surface area contributed by atoms with Crippen LogP contribution in [0.3, 0.4) is 0 Å². The van der Waals surface area contributed by atoms with E-state index in [9.17, 15) is 24.6 Å². The van der Waals surface area contributed by atoms with E-state index in [1.165, 1.54) is 6.92 Å². The number of aromatic amines is 2. The molecule has 0 bridgehead atoms. The number of benzene rings is 2. The molecule has 2 heterocycles. The number of hydrogen-bond acceptors (Lipinski definition) is 14. The Morgan fingerprint density at radius 1 is 0.700 bits per heavy atom. The van der Waals surface area contributed by atoms with Gasteiger partial charge in [-0.05, 0) is 44.2 Å². The molecule has 2 aromatic heterocycles. The lowest BCUT2D eigenvalue weighted by atomic mass is 10.1. The minimum absolute atomic E-state index is 0.0761. The van der Waals surface area contributed by atoms with Crippen molar-refractivity contribution in [2.45, 2.75) is 52.4 Å². The zero-order valence-electron chi connectivity index (χ0n) is 27.0. The summed E-state index contributed by atoms with van der Waals surface area (Å²) in [6.07, 6.45) is 2.58. The standard InChI is InChI=1S/2C9H7Cl2N5.C6H10O4.C6H12O2/c2*10-5-3-1-2-4(6(5)11)7-8(12)14-9(13)16-15-7;7-5(8)3-1-2-4-6(9)10;1-3-4-5-8-6(2)7/h2*1-3H,(H4,12,13,14,16);1-4H2,(H,7,8)(H,9,10);3-5H2,1-2H3. The molecule has 0 fully saturated rings. The number of esters is 1. The highest BCUT2D eigenvalue weighted by Crippen LogP contribution is 2.34. The first-order valence-electron chi connectivity index (χ1n) is 14.6. The maximum atomic E-state index is 10.1. The summed E-state index contributed by atoms with van der Waals surface area (Å²) in [5, 5.41) is 36.3. The van der Waals surface area contributed by atoms with Crippen LogP contribution in [0.4, 0.5) is 23.5 Å². The van der Waals surface area contributed by atoms with Gasteiger partial charge in [0, 0.05) is 40.2 Å². The van der Waals surface area contributed by atoms with Crippen LogP contribution >= 0.6 is 46.4 Å². The van der Waals surface area contributed by atoms with Crippen molar-refractivity contribution in [2.24, 2.45) is 0 Å². The van der Waals surface area contributed by atoms with Gasteiger partial charge in [0.1, 0.15) is 0 Å². The normalized spacial score (nSPS) is 9.88. The first kappa shape index (κ1) is 43.3. The first-order chi connectivity index (χ1) is 23.6. The zero-order valence-corrected chi connectivity index (χ0v) is 30.0. The zero-order chi connectivity index (χ0) is 37.8. The summed E-state index contributed by atoms with van der Waals surface area (Å²) >= 11 is 23.9. The fourth-order valence-corrected chi connectivity index (χ4v) is 4.21. The second-order valence-corrected chi connectivity index (χ2v) is 11.4. The van der Waals surface area contributed by atoms with E-state index in [1.807, 2.05) is 0 Å². The number of aliphatic carboxylic acids is 2. The number of aromatic nitrogens is 6. The Bertz CT molecular complexity index is 1620. The first-order valence-corrected chi connectivity index (χ1v) is 16.1. The third-order valence-electron chi connectivity index (χ3n) is 5.78. The van der Waals surface area contributed by atoms with Gasteiger partial charge in [0.05, 0.1) is 26.7 Å². The number of nitrogens with one attached hydrogen (secondary N) is 2. The van der Waals surface area contributed by atoms with Gasteiger partial charge >= 0.3 is 17.9 Å². The quantitative estimate of drug-likeness (QED) is 0.133. The van der Waals surface area contributed by atoms with E-state index in [4.69, 9.17) is 69.3 Å². The molecule has 0 amide bonds. The summed E-state index contributed by atoms with van der Waals surface area (Å²) in [6, 6.07) is 10.4. The number of carboxylic acids is 2. The number of nitrogen functional groups attached to an aromatic ring is 4. The Morgan fingerprint density at radius 3 is 1.42 bits per heavy atom. The van der Waals surface area contributed by atoms with Gasteiger partial charge in [-0.1, -0.05) is 94.2 Å². The summed E-state index contributed by atoms with van der Waals surface area (Å²) in [4.78, 5) is 35.0. The van der Waals surface area contributed by atoms with Crippen LogP contribution < -0.4 is 43.1 Å². The van der Waals surface area contributed by atoms with Crippen LogP contribution in [-0.4, -0.2) is 44.9 Å². The van der Waals surface area contributed by atoms with Crippen LogP contribution in [0.25, 0.3) is 22.5 Å². The Balaban J connectivity index is 0.000000348. The van der Waals surface area contributed by atoms with Crippen molar-refractivity contribution in [1.29, 1.82) is 0 Å². The van der Waals surface area contributed by atoms with Gasteiger partial charge in [-0.25, -0.2) is 9.97 Å². The van der Waals surface area contributed by atoms with E-state index in [0.29, 0.717) is 62.1 Å². The average Bonchev–Trinajstić information content (AvgIpc) is 3.03. The van der Waals surface area contributed by atoms with Gasteiger partial charge in [-0.15, -0.1) is 0 Å². The lowest BCUT2D eigenvalue weighted by Gasteiger charge is -2.04. The highest BCUT2D eigenvalue weighted by Gasteiger charge is 2.16. The van der Waals surface area contributed by atoms with E-state index >= 15 is 0 Å². The van der Waals surface area contributed by atoms with Crippen molar-refractivity contribution < 1.29 is 39.3 Å². The molecule has 0 saturated heterocycles. The fraction of sp³-hybridized carbons (Fsp3) is 0.300. The molecule has 2 aromatic carbocycles. The number of halogens is 4. The Hall–Kier alpha value is -4.77. The second kappa shape index (κ2) is 22.8. The van der Waals surface area contributed by atoms with Crippen molar-refractivity contribution in [2.75, 3.05) is 29.5 Å². The average molecular weight is 774 g/mol. The minimum atomic E-state index is -1.14. The van der Waals surface area contributed by atoms with Crippen molar-refractivity contribution >= 4 is 87.8 Å². The number of carbonyl (C=O) groups is 3. The molecule has 0 aliphatic heterocycles. The lowest BCUT2D eigenvalue weighted by molar-refractivity contribution is -0.347. The largest absolute Gasteiger partial charge is 0.550 e. The second-order valence-electron chi connectivity index (χ2n) is 9.79. The van der Waals surface area contributed by atoms with Crippen LogP contribution in [0.2, 0.25) is 20.1 Å². The van der Waals surface area contributed by atoms with E-state index < -0.39 is 11.9 Å². The summed E-state index contributed by atoms with van der Waals surface area (Å²) < 4.78 is 4.64. The third kappa shape index (κ3) is 16.1. The maximum absolute atomic E-state index is 10.1. The van der Waals surface area contributed by atoms with E-state index in [-0.39, 0.29) is 42.3 Å². The van der Waals surface area contributed by atoms with Gasteiger partial charge in [-0.3, -0.25) is 4.79 Å². The van der Waals surface area contributed by atoms with Gasteiger partial charge in [0.2, 0.25) is 11.6 Å². The SMILES string of the molecule is CCCCOC(C)=O.Nc1nnc(-c2cccc(Cl)c2Cl)c(N)[nH+]1.Nc1nnc(-c2cccc(Cl)c2Cl)c(N)[nH+]1.O=C([O-])CCCCC(=O)[O-]. The van der Waals surface area contributed by atoms with Gasteiger partial charge < -0.3 is 47.5 Å². The molecule has 0 atom stereocenters. The molecule has 4 rings (SSSR count). The molecule has 0 saturated carbocycles. The van der Waals surface area contributed by atoms with Crippen LogP contribution in [0, 0.1) is 0 Å². The fourth-order valence-electron chi connectivity index (χ4n) is 3.43. The molecule has 16 nitrogen and oxygen atoms in total. The number of nitrogens with two attached hydrogens (primary N) is 4. The molecule has 0 spiro atoms. The van der Waals surface area contributed by atoms with E-state index in [2.05, 4.69) is 42.0 Å². The Labute approximate surface area is 307 Å². The van der Waals surface area contributed by atoms with E-state index in [1.54, 1.807) is 36.4 Å². The van der Waals surface area contributed by atoms with Crippen LogP contribution in [-0.2, 0) is 19.1 Å². The van der Waals surface area contributed by atoms with Crippen LogP contribution in [0.1, 0.15) is 52.4 Å². The molecule has 50 heavy (non-hydrogen) atoms. The highest BCUT2D eigenvalue weighted by molar-refractivity contribution is 6.44. The van der Waals surface area contributed by atoms with Crippen LogP contribution in [0.5, 0.6) is 0 Å². The molecular weight excluding hydrogens is 738 g/mol. The molecule has 4 aromatic rings. The molecule has 20 heteroatoms. The summed E-state index contributed by atoms with van der Waals surface area (Å²) in [5.74, 6) is -1.61. The minimum Gasteiger partial charge on any atom is -0.550 e. The number of nitrogens with zero attached hydrogens (tertiary/aromatic N) is 4. The topological polar surface area (TPSA) is 290 Å². The molecule has 10 N–H and O–H groups in total. The summed E-state index contributed by atoms with van der Waals surface area (Å²) in [6.45, 7) is 4.06. The predicted octanol–water partition coefficient (Wildman–Crippen LogP) is 2.25. The number of ether oxygens (including phenoxy) is 1. The highest BCUT2D eigenvalue weighted by atomic mass is 35.5. The van der Waals surface area contributed by atoms with Gasteiger partial charge in [-0.2, -0.15) is 0 Å². The smallest absolute Gasteiger partial charge is 0.364 e. The van der Waals surface area contributed by atoms with Crippen molar-refractivity contribution in [3.05, 3.63) is 56.5 Å². The molecule has 0 radical (unpaired) electrons. The summed E-state index contributed by atoms with van der Waals surface area (Å²) in [7, 11) is 0. The van der Waals surface area contributed by atoms with Crippen LogP contribution in [0.15, 0.2) is 36.4 Å². The number of rotatable bonds is 10. The number of carboxylic acid groups (broad SMARTS) is 2. The monoisotopic (exact) mass is 772 g/mol. The molecule has 0 aliphatic rings. The molecular formula is C30H36Cl4N10O6. The number of unbranched alkanes of at least 4 members (excludes halogenated alkanes) is 2. The molecule has 270 valence electrons. The van der Waals surface area contributed by atoms with Crippen molar-refractivity contribution in [1.82, 2.24) is 20.4 Å². The number of H-pyrrole nitrogens is 2. The van der Waals surface area contributed by atoms with Crippen molar-refractivity contribution in [3.63, 3.8) is 0 Å². The predicted molar refractivity (Wildman–Crippen MR) is 186 cm³/mol. The number of hydrogen-bond donors (Lipinski definition) is 4. The third-order valence-corrected chi connectivity index (χ3v) is 7.42. The molecule has 0 aliphatic carbocycles. The maximum Gasteiger partial charge on any atom is 0.364 e. The Morgan fingerprint density at radius 2 is 1.10 bits per heavy atom. The number of carbonyl (C=O) groups excluding carboxylic acids is 3. The number of anilines is 4. The lowest BCUT2D eigenvalue weighted by Crippen LogP contribution is -2.23.